The van der Waals surface area contributed by atoms with Crippen LogP contribution in [-0.2, 0) is 0 Å². The molecule has 0 radical (unpaired) electrons. The molecule has 1 aromatic carbocycles. The van der Waals surface area contributed by atoms with Crippen LogP contribution >= 0.6 is 23.7 Å². The molecule has 0 spiro atoms. The molecule has 3 N–H and O–H groups in total. The molecule has 0 atom stereocenters. The van der Waals surface area contributed by atoms with Crippen LogP contribution in [0.15, 0.2) is 29.6 Å². The zero-order chi connectivity index (χ0) is 12.5. The van der Waals surface area contributed by atoms with E-state index in [2.05, 4.69) is 5.32 Å². The Morgan fingerprint density at radius 1 is 1.39 bits per heavy atom. The summed E-state index contributed by atoms with van der Waals surface area (Å²) in [6, 6.07) is 7.75. The molecule has 0 bridgehead atoms. The molecule has 2 aromatic rings. The number of nitrogens with two attached hydrogens (primary N) is 1. The van der Waals surface area contributed by atoms with Crippen LogP contribution in [-0.4, -0.2) is 18.0 Å². The molecule has 1 aromatic heterocycles. The molecule has 0 aliphatic rings. The predicted molar refractivity (Wildman–Crippen MR) is 79.7 cm³/mol. The smallest absolute Gasteiger partial charge is 0.251 e. The first kappa shape index (κ1) is 15.0. The number of thiophene rings is 1. The second-order valence-electron chi connectivity index (χ2n) is 4.72. The number of nitrogens with one attached hydrogen (secondary N) is 1. The van der Waals surface area contributed by atoms with Crippen LogP contribution in [0.25, 0.3) is 10.1 Å². The Hall–Kier alpha value is -1.10. The fourth-order valence-corrected chi connectivity index (χ4v) is 2.31. The van der Waals surface area contributed by atoms with Gasteiger partial charge >= 0.3 is 0 Å². The maximum absolute atomic E-state index is 12.0. The van der Waals surface area contributed by atoms with E-state index in [0.29, 0.717) is 12.1 Å². The molecule has 0 fully saturated rings. The number of carbonyl (C=O) groups is 1. The first-order chi connectivity index (χ1) is 8.02. The number of rotatable bonds is 3. The molecule has 98 valence electrons. The van der Waals surface area contributed by atoms with Crippen molar-refractivity contribution in [1.82, 2.24) is 5.32 Å². The third-order valence-corrected chi connectivity index (χ3v) is 3.57. The molecule has 0 aliphatic heterocycles. The molecule has 0 saturated heterocycles. The summed E-state index contributed by atoms with van der Waals surface area (Å²) in [5, 5.41) is 6.05. The van der Waals surface area contributed by atoms with Crippen molar-refractivity contribution in [3.05, 3.63) is 35.2 Å². The van der Waals surface area contributed by atoms with E-state index in [-0.39, 0.29) is 23.9 Å². The molecule has 1 amide bonds. The monoisotopic (exact) mass is 284 g/mol. The molecule has 0 saturated carbocycles. The van der Waals surface area contributed by atoms with E-state index in [0.717, 1.165) is 5.39 Å². The normalized spacial score (nSPS) is 11.1. The first-order valence-electron chi connectivity index (χ1n) is 5.52. The lowest BCUT2D eigenvalue weighted by molar-refractivity contribution is 0.0916. The van der Waals surface area contributed by atoms with Crippen LogP contribution in [0.5, 0.6) is 0 Å². The van der Waals surface area contributed by atoms with E-state index < -0.39 is 0 Å². The van der Waals surface area contributed by atoms with Gasteiger partial charge in [0.05, 0.1) is 0 Å². The molecule has 0 aliphatic carbocycles. The largest absolute Gasteiger partial charge is 0.346 e. The second-order valence-corrected chi connectivity index (χ2v) is 5.66. The Morgan fingerprint density at radius 2 is 2.11 bits per heavy atom. The molecule has 2 rings (SSSR count). The van der Waals surface area contributed by atoms with Crippen LogP contribution in [0.1, 0.15) is 24.2 Å². The lowest BCUT2D eigenvalue weighted by Gasteiger charge is -2.24. The summed E-state index contributed by atoms with van der Waals surface area (Å²) in [4.78, 5) is 12.0. The zero-order valence-electron chi connectivity index (χ0n) is 10.4. The lowest BCUT2D eigenvalue weighted by Crippen LogP contribution is -2.48. The van der Waals surface area contributed by atoms with Crippen molar-refractivity contribution >= 4 is 39.7 Å². The molecular weight excluding hydrogens is 268 g/mol. The number of benzene rings is 1. The summed E-state index contributed by atoms with van der Waals surface area (Å²) in [6.45, 7) is 4.24. The average Bonchev–Trinajstić information content (AvgIpc) is 2.75. The lowest BCUT2D eigenvalue weighted by atomic mass is 10.0. The topological polar surface area (TPSA) is 55.1 Å². The quantitative estimate of drug-likeness (QED) is 0.911. The maximum atomic E-state index is 12.0. The summed E-state index contributed by atoms with van der Waals surface area (Å²) in [5.41, 5.74) is 5.90. The molecular formula is C13H17ClN2OS. The van der Waals surface area contributed by atoms with Gasteiger partial charge in [0.25, 0.3) is 5.91 Å². The zero-order valence-corrected chi connectivity index (χ0v) is 12.0. The van der Waals surface area contributed by atoms with E-state index >= 15 is 0 Å². The van der Waals surface area contributed by atoms with E-state index in [4.69, 9.17) is 5.73 Å². The van der Waals surface area contributed by atoms with E-state index in [1.54, 1.807) is 11.3 Å². The van der Waals surface area contributed by atoms with Crippen LogP contribution < -0.4 is 11.1 Å². The third-order valence-electron chi connectivity index (χ3n) is 2.68. The standard InChI is InChI=1S/C13H16N2OS.ClH/c1-13(2,8-14)15-12(16)10-3-4-11-9(7-10)5-6-17-11;/h3-7H,8,14H2,1-2H3,(H,15,16);1H. The minimum absolute atomic E-state index is 0. The fraction of sp³-hybridized carbons (Fsp3) is 0.308. The van der Waals surface area contributed by atoms with Gasteiger partial charge in [-0.15, -0.1) is 23.7 Å². The predicted octanol–water partition coefficient (Wildman–Crippen LogP) is 2.79. The molecule has 0 unspecified atom stereocenters. The highest BCUT2D eigenvalue weighted by Gasteiger charge is 2.19. The SMILES string of the molecule is CC(C)(CN)NC(=O)c1ccc2sccc2c1.Cl. The highest BCUT2D eigenvalue weighted by Crippen LogP contribution is 2.21. The van der Waals surface area contributed by atoms with Gasteiger partial charge in [0, 0.05) is 22.3 Å². The second kappa shape index (κ2) is 5.69. The Balaban J connectivity index is 0.00000162. The van der Waals surface area contributed by atoms with Crippen molar-refractivity contribution in [2.75, 3.05) is 6.54 Å². The highest BCUT2D eigenvalue weighted by molar-refractivity contribution is 7.17. The number of halogens is 1. The van der Waals surface area contributed by atoms with E-state index in [1.807, 2.05) is 43.5 Å². The Labute approximate surface area is 117 Å². The van der Waals surface area contributed by atoms with Gasteiger partial charge in [0.1, 0.15) is 0 Å². The van der Waals surface area contributed by atoms with Crippen molar-refractivity contribution in [2.24, 2.45) is 5.73 Å². The Kier molecular flexibility index (Phi) is 4.73. The van der Waals surface area contributed by atoms with Crippen molar-refractivity contribution in [3.8, 4) is 0 Å². The van der Waals surface area contributed by atoms with E-state index in [9.17, 15) is 4.79 Å². The van der Waals surface area contributed by atoms with Gasteiger partial charge in [-0.1, -0.05) is 0 Å². The number of fused-ring (bicyclic) bond motifs is 1. The van der Waals surface area contributed by atoms with Gasteiger partial charge in [0.2, 0.25) is 0 Å². The summed E-state index contributed by atoms with van der Waals surface area (Å²) >= 11 is 1.67. The summed E-state index contributed by atoms with van der Waals surface area (Å²) in [6.07, 6.45) is 0. The molecule has 3 nitrogen and oxygen atoms in total. The van der Waals surface area contributed by atoms with Gasteiger partial charge in [-0.2, -0.15) is 0 Å². The van der Waals surface area contributed by atoms with Gasteiger partial charge in [-0.25, -0.2) is 0 Å². The first-order valence-corrected chi connectivity index (χ1v) is 6.40. The number of hydrogen-bond acceptors (Lipinski definition) is 3. The van der Waals surface area contributed by atoms with Crippen LogP contribution in [0, 0.1) is 0 Å². The minimum atomic E-state index is -0.374. The number of hydrogen-bond donors (Lipinski definition) is 2. The van der Waals surface area contributed by atoms with Gasteiger partial charge in [-0.3, -0.25) is 4.79 Å². The minimum Gasteiger partial charge on any atom is -0.346 e. The number of carbonyl (C=O) groups excluding carboxylic acids is 1. The summed E-state index contributed by atoms with van der Waals surface area (Å²) < 4.78 is 1.19. The van der Waals surface area contributed by atoms with Gasteiger partial charge < -0.3 is 11.1 Å². The van der Waals surface area contributed by atoms with Crippen LogP contribution in [0.2, 0.25) is 0 Å². The Bertz CT molecular complexity index is 551. The van der Waals surface area contributed by atoms with E-state index in [1.165, 1.54) is 4.70 Å². The van der Waals surface area contributed by atoms with Crippen LogP contribution in [0.3, 0.4) is 0 Å². The molecule has 18 heavy (non-hydrogen) atoms. The third kappa shape index (κ3) is 3.22. The summed E-state index contributed by atoms with van der Waals surface area (Å²) in [7, 11) is 0. The molecule has 5 heteroatoms. The summed E-state index contributed by atoms with van der Waals surface area (Å²) in [5.74, 6) is -0.0754. The Morgan fingerprint density at radius 3 is 2.78 bits per heavy atom. The van der Waals surface area contributed by atoms with Crippen LogP contribution in [0.4, 0.5) is 0 Å². The van der Waals surface area contributed by atoms with Gasteiger partial charge in [-0.05, 0) is 48.9 Å². The van der Waals surface area contributed by atoms with Crippen molar-refractivity contribution < 1.29 is 4.79 Å². The fourth-order valence-electron chi connectivity index (χ4n) is 1.54. The number of amides is 1. The van der Waals surface area contributed by atoms with Crippen molar-refractivity contribution in [2.45, 2.75) is 19.4 Å². The van der Waals surface area contributed by atoms with Gasteiger partial charge in [0.15, 0.2) is 0 Å². The molecule has 1 heterocycles. The average molecular weight is 285 g/mol. The van der Waals surface area contributed by atoms with Crippen molar-refractivity contribution in [3.63, 3.8) is 0 Å². The van der Waals surface area contributed by atoms with Crippen molar-refractivity contribution in [1.29, 1.82) is 0 Å². The highest BCUT2D eigenvalue weighted by atomic mass is 35.5. The maximum Gasteiger partial charge on any atom is 0.251 e.